The van der Waals surface area contributed by atoms with E-state index in [0.717, 1.165) is 16.8 Å². The molecule has 2 amide bonds. The highest BCUT2D eigenvalue weighted by Crippen LogP contribution is 2.24. The summed E-state index contributed by atoms with van der Waals surface area (Å²) in [6.07, 6.45) is 3.80. The van der Waals surface area contributed by atoms with Crippen LogP contribution in [0.15, 0.2) is 90.1 Å². The van der Waals surface area contributed by atoms with Gasteiger partial charge < -0.3 is 9.88 Å². The van der Waals surface area contributed by atoms with Crippen molar-refractivity contribution in [3.63, 3.8) is 0 Å². The van der Waals surface area contributed by atoms with Gasteiger partial charge in [-0.05, 0) is 55.2 Å². The molecular weight excluding hydrogens is 484 g/mol. The van der Waals surface area contributed by atoms with Crippen LogP contribution in [-0.2, 0) is 16.4 Å². The number of aromatic nitrogens is 2. The Labute approximate surface area is 209 Å². The van der Waals surface area contributed by atoms with E-state index in [-0.39, 0.29) is 4.90 Å². The van der Waals surface area contributed by atoms with E-state index in [9.17, 15) is 13.2 Å². The summed E-state index contributed by atoms with van der Waals surface area (Å²) in [5.41, 5.74) is 3.22. The summed E-state index contributed by atoms with van der Waals surface area (Å²) in [7, 11) is -4.06. The first-order valence-corrected chi connectivity index (χ1v) is 12.8. The van der Waals surface area contributed by atoms with E-state index in [2.05, 4.69) is 15.0 Å². The first kappa shape index (κ1) is 24.5. The Kier molecular flexibility index (Phi) is 7.23. The van der Waals surface area contributed by atoms with Crippen molar-refractivity contribution < 1.29 is 13.2 Å². The van der Waals surface area contributed by atoms with Crippen molar-refractivity contribution in [3.05, 3.63) is 113 Å². The Morgan fingerprint density at radius 1 is 1.00 bits per heavy atom. The van der Waals surface area contributed by atoms with E-state index in [0.29, 0.717) is 22.8 Å². The molecule has 0 aliphatic carbocycles. The van der Waals surface area contributed by atoms with Crippen LogP contribution in [0.25, 0.3) is 5.69 Å². The molecular formula is C26H25ClN4O3S. The molecule has 2 N–H and O–H groups in total. The molecule has 3 aromatic carbocycles. The molecule has 180 valence electrons. The second kappa shape index (κ2) is 10.3. The lowest BCUT2D eigenvalue weighted by molar-refractivity contribution is 0.241. The standard InChI is InChI=1S/C26H25ClN4O3S/c1-18-12-13-21(17-22(18)27)31-15-14-28-25(31)23(16-20-9-4-3-5-10-20)29-26(32)30-35(33,34)24-11-7-6-8-19(24)2/h3-15,17,23H,16H2,1-2H3,(H2,29,30,32)/t23-/m0/s1. The third-order valence-corrected chi connectivity index (χ3v) is 7.51. The second-order valence-electron chi connectivity index (χ2n) is 8.18. The lowest BCUT2D eigenvalue weighted by atomic mass is 10.1. The highest BCUT2D eigenvalue weighted by Gasteiger charge is 2.25. The molecule has 1 atom stereocenters. The van der Waals surface area contributed by atoms with Crippen LogP contribution in [-0.4, -0.2) is 24.0 Å². The quantitative estimate of drug-likeness (QED) is 0.362. The molecule has 0 aliphatic rings. The maximum atomic E-state index is 12.9. The molecule has 4 rings (SSSR count). The number of sulfonamides is 1. The number of nitrogens with one attached hydrogen (secondary N) is 2. The number of rotatable bonds is 7. The van der Waals surface area contributed by atoms with E-state index in [4.69, 9.17) is 11.6 Å². The summed E-state index contributed by atoms with van der Waals surface area (Å²) in [6, 6.07) is 20.2. The van der Waals surface area contributed by atoms with Gasteiger partial charge in [0.2, 0.25) is 0 Å². The number of benzene rings is 3. The van der Waals surface area contributed by atoms with Crippen molar-refractivity contribution in [2.24, 2.45) is 0 Å². The summed E-state index contributed by atoms with van der Waals surface area (Å²) in [6.45, 7) is 3.59. The van der Waals surface area contributed by atoms with Crippen LogP contribution in [0.2, 0.25) is 5.02 Å². The summed E-state index contributed by atoms with van der Waals surface area (Å²) in [4.78, 5) is 17.5. The molecule has 0 radical (unpaired) electrons. The van der Waals surface area contributed by atoms with E-state index < -0.39 is 22.1 Å². The van der Waals surface area contributed by atoms with E-state index >= 15 is 0 Å². The van der Waals surface area contributed by atoms with Gasteiger partial charge >= 0.3 is 6.03 Å². The average Bonchev–Trinajstić information content (AvgIpc) is 3.31. The first-order chi connectivity index (χ1) is 16.7. The Morgan fingerprint density at radius 2 is 1.71 bits per heavy atom. The third-order valence-electron chi connectivity index (χ3n) is 5.61. The maximum Gasteiger partial charge on any atom is 0.329 e. The molecule has 1 heterocycles. The fourth-order valence-electron chi connectivity index (χ4n) is 3.80. The van der Waals surface area contributed by atoms with Gasteiger partial charge in [-0.1, -0.05) is 66.2 Å². The van der Waals surface area contributed by atoms with E-state index in [1.54, 1.807) is 37.5 Å². The molecule has 0 fully saturated rings. The molecule has 0 saturated carbocycles. The zero-order valence-corrected chi connectivity index (χ0v) is 20.8. The van der Waals surface area contributed by atoms with Crippen LogP contribution < -0.4 is 10.0 Å². The topological polar surface area (TPSA) is 93.1 Å². The largest absolute Gasteiger partial charge is 0.329 e. The van der Waals surface area contributed by atoms with Crippen molar-refractivity contribution in [1.29, 1.82) is 0 Å². The summed E-state index contributed by atoms with van der Waals surface area (Å²) in [5, 5.41) is 3.41. The molecule has 35 heavy (non-hydrogen) atoms. The van der Waals surface area contributed by atoms with Crippen LogP contribution in [0.5, 0.6) is 0 Å². The van der Waals surface area contributed by atoms with E-state index in [1.807, 2.05) is 60.0 Å². The van der Waals surface area contributed by atoms with E-state index in [1.165, 1.54) is 6.07 Å². The summed E-state index contributed by atoms with van der Waals surface area (Å²) in [5.74, 6) is 0.539. The number of urea groups is 1. The molecule has 0 spiro atoms. The van der Waals surface area contributed by atoms with Gasteiger partial charge in [-0.3, -0.25) is 0 Å². The number of hydrogen-bond acceptors (Lipinski definition) is 4. The van der Waals surface area contributed by atoms with Gasteiger partial charge in [0.15, 0.2) is 0 Å². The zero-order valence-electron chi connectivity index (χ0n) is 19.3. The van der Waals surface area contributed by atoms with Gasteiger partial charge in [-0.25, -0.2) is 22.9 Å². The van der Waals surface area contributed by atoms with Crippen LogP contribution >= 0.6 is 11.6 Å². The van der Waals surface area contributed by atoms with Gasteiger partial charge in [0, 0.05) is 23.1 Å². The molecule has 0 bridgehead atoms. The van der Waals surface area contributed by atoms with Crippen molar-refractivity contribution in [1.82, 2.24) is 19.6 Å². The number of amides is 2. The fourth-order valence-corrected chi connectivity index (χ4v) is 5.14. The number of carbonyl (C=O) groups excluding carboxylic acids is 1. The zero-order chi connectivity index (χ0) is 25.0. The Hall–Kier alpha value is -3.62. The van der Waals surface area contributed by atoms with Crippen molar-refractivity contribution in [3.8, 4) is 5.69 Å². The third kappa shape index (κ3) is 5.72. The van der Waals surface area contributed by atoms with Crippen molar-refractivity contribution in [2.75, 3.05) is 0 Å². The minimum Gasteiger partial charge on any atom is -0.327 e. The first-order valence-electron chi connectivity index (χ1n) is 11.0. The monoisotopic (exact) mass is 508 g/mol. The van der Waals surface area contributed by atoms with Gasteiger partial charge in [0.05, 0.1) is 10.9 Å². The smallest absolute Gasteiger partial charge is 0.327 e. The minimum absolute atomic E-state index is 0.0468. The number of aryl methyl sites for hydroxylation is 2. The normalized spacial score (nSPS) is 12.2. The number of nitrogens with zero attached hydrogens (tertiary/aromatic N) is 2. The van der Waals surface area contributed by atoms with Crippen molar-refractivity contribution >= 4 is 27.7 Å². The summed E-state index contributed by atoms with van der Waals surface area (Å²) < 4.78 is 29.6. The number of carbonyl (C=O) groups is 1. The summed E-state index contributed by atoms with van der Waals surface area (Å²) >= 11 is 6.34. The Morgan fingerprint density at radius 3 is 2.43 bits per heavy atom. The lowest BCUT2D eigenvalue weighted by Gasteiger charge is -2.21. The molecule has 0 aliphatic heterocycles. The Bertz CT molecular complexity index is 1450. The highest BCUT2D eigenvalue weighted by atomic mass is 35.5. The van der Waals surface area contributed by atoms with Crippen LogP contribution in [0.4, 0.5) is 4.79 Å². The van der Waals surface area contributed by atoms with Gasteiger partial charge in [0.1, 0.15) is 5.82 Å². The van der Waals surface area contributed by atoms with Crippen molar-refractivity contribution in [2.45, 2.75) is 31.2 Å². The number of imidazole rings is 1. The predicted octanol–water partition coefficient (Wildman–Crippen LogP) is 5.11. The minimum atomic E-state index is -4.06. The molecule has 1 aromatic heterocycles. The lowest BCUT2D eigenvalue weighted by Crippen LogP contribution is -2.42. The van der Waals surface area contributed by atoms with Gasteiger partial charge in [-0.15, -0.1) is 0 Å². The fraction of sp³-hybridized carbons (Fsp3) is 0.154. The Balaban J connectivity index is 1.65. The molecule has 0 saturated heterocycles. The van der Waals surface area contributed by atoms with Gasteiger partial charge in [0.25, 0.3) is 10.0 Å². The SMILES string of the molecule is Cc1ccc(-n2ccnc2[C@H](Cc2ccccc2)NC(=O)NS(=O)(=O)c2ccccc2C)cc1Cl. The number of halogens is 1. The predicted molar refractivity (Wildman–Crippen MR) is 136 cm³/mol. The van der Waals surface area contributed by atoms with Crippen LogP contribution in [0, 0.1) is 13.8 Å². The van der Waals surface area contributed by atoms with Gasteiger partial charge in [-0.2, -0.15) is 0 Å². The van der Waals surface area contributed by atoms with Crippen LogP contribution in [0.1, 0.15) is 28.6 Å². The molecule has 4 aromatic rings. The van der Waals surface area contributed by atoms with Crippen LogP contribution in [0.3, 0.4) is 0 Å². The second-order valence-corrected chi connectivity index (χ2v) is 10.2. The maximum absolute atomic E-state index is 12.9. The molecule has 9 heteroatoms. The number of hydrogen-bond donors (Lipinski definition) is 2. The highest BCUT2D eigenvalue weighted by molar-refractivity contribution is 7.90. The molecule has 0 unspecified atom stereocenters. The molecule has 7 nitrogen and oxygen atoms in total. The average molecular weight is 509 g/mol.